The normalized spacial score (nSPS) is 10.8. The lowest BCUT2D eigenvalue weighted by Crippen LogP contribution is -2.13. The Bertz CT molecular complexity index is 1130. The molecule has 1 N–H and O–H groups in total. The van der Waals surface area contributed by atoms with E-state index in [0.717, 1.165) is 28.8 Å². The van der Waals surface area contributed by atoms with Crippen molar-refractivity contribution in [3.05, 3.63) is 84.0 Å². The number of nitrogens with zero attached hydrogens (tertiary/aromatic N) is 5. The third kappa shape index (κ3) is 3.18. The van der Waals surface area contributed by atoms with Crippen molar-refractivity contribution in [2.75, 3.05) is 5.32 Å². The molecule has 0 unspecified atom stereocenters. The molecule has 0 spiro atoms. The fourth-order valence-corrected chi connectivity index (χ4v) is 3.25. The van der Waals surface area contributed by atoms with Crippen molar-refractivity contribution < 1.29 is 4.79 Å². The zero-order valence-electron chi connectivity index (χ0n) is 15.9. The maximum absolute atomic E-state index is 12.8. The number of anilines is 1. The smallest absolute Gasteiger partial charge is 0.257 e. The average molecular weight is 372 g/mol. The number of hydrogen-bond acceptors (Lipinski definition) is 4. The second kappa shape index (κ2) is 7.11. The van der Waals surface area contributed by atoms with Gasteiger partial charge in [-0.2, -0.15) is 0 Å². The fourth-order valence-electron chi connectivity index (χ4n) is 3.25. The zero-order chi connectivity index (χ0) is 19.7. The number of aryl methyl sites for hydroxylation is 2. The Morgan fingerprint density at radius 2 is 1.82 bits per heavy atom. The molecular formula is C21H20N6O. The number of rotatable bonds is 4. The zero-order valence-corrected chi connectivity index (χ0v) is 15.9. The van der Waals surface area contributed by atoms with E-state index in [-0.39, 0.29) is 5.91 Å². The van der Waals surface area contributed by atoms with Gasteiger partial charge in [-0.25, -0.2) is 15.0 Å². The van der Waals surface area contributed by atoms with E-state index in [1.165, 1.54) is 0 Å². The maximum atomic E-state index is 12.8. The van der Waals surface area contributed by atoms with Gasteiger partial charge in [-0.3, -0.25) is 9.36 Å². The predicted molar refractivity (Wildman–Crippen MR) is 107 cm³/mol. The number of amides is 1. The van der Waals surface area contributed by atoms with Crippen LogP contribution in [0.25, 0.3) is 11.6 Å². The van der Waals surface area contributed by atoms with Gasteiger partial charge in [0.1, 0.15) is 17.5 Å². The number of carbonyl (C=O) groups excluding carboxylic acids is 1. The van der Waals surface area contributed by atoms with E-state index in [2.05, 4.69) is 20.3 Å². The van der Waals surface area contributed by atoms with Gasteiger partial charge in [0.15, 0.2) is 0 Å². The van der Waals surface area contributed by atoms with Crippen LogP contribution in [0, 0.1) is 20.8 Å². The van der Waals surface area contributed by atoms with Gasteiger partial charge in [-0.05, 0) is 51.1 Å². The summed E-state index contributed by atoms with van der Waals surface area (Å²) in [5.41, 5.74) is 3.03. The lowest BCUT2D eigenvalue weighted by molar-refractivity contribution is 0.102. The van der Waals surface area contributed by atoms with Crippen LogP contribution in [0.5, 0.6) is 0 Å². The summed E-state index contributed by atoms with van der Waals surface area (Å²) in [5.74, 6) is 2.22. The van der Waals surface area contributed by atoms with Crippen molar-refractivity contribution in [3.63, 3.8) is 0 Å². The molecule has 0 aliphatic carbocycles. The molecule has 0 saturated carbocycles. The molecule has 28 heavy (non-hydrogen) atoms. The molecule has 0 aromatic carbocycles. The van der Waals surface area contributed by atoms with Gasteiger partial charge < -0.3 is 9.88 Å². The highest BCUT2D eigenvalue weighted by molar-refractivity contribution is 6.05. The van der Waals surface area contributed by atoms with E-state index in [1.54, 1.807) is 18.6 Å². The molecule has 0 saturated heterocycles. The molecule has 0 aliphatic heterocycles. The van der Waals surface area contributed by atoms with Gasteiger partial charge in [0.25, 0.3) is 5.91 Å². The molecule has 7 heteroatoms. The van der Waals surface area contributed by atoms with E-state index >= 15 is 0 Å². The molecule has 4 heterocycles. The van der Waals surface area contributed by atoms with Crippen LogP contribution < -0.4 is 5.32 Å². The summed E-state index contributed by atoms with van der Waals surface area (Å²) >= 11 is 0. The van der Waals surface area contributed by atoms with E-state index in [4.69, 9.17) is 0 Å². The number of carbonyl (C=O) groups is 1. The third-order valence-corrected chi connectivity index (χ3v) is 4.63. The average Bonchev–Trinajstić information content (AvgIpc) is 3.26. The first-order chi connectivity index (χ1) is 13.5. The standard InChI is InChI=1S/C21H20N6O/c1-14-12-18(15(2)27(14)20-6-4-5-9-23-20)21(28)25-17-7-8-19(24-13-17)26-11-10-22-16(26)3/h4-13H,1-3H3,(H,25,28). The molecule has 0 aliphatic rings. The van der Waals surface area contributed by atoms with Crippen molar-refractivity contribution >= 4 is 11.6 Å². The predicted octanol–water partition coefficient (Wildman–Crippen LogP) is 3.63. The highest BCUT2D eigenvalue weighted by Crippen LogP contribution is 2.21. The minimum absolute atomic E-state index is 0.177. The number of imidazole rings is 1. The summed E-state index contributed by atoms with van der Waals surface area (Å²) in [4.78, 5) is 25.8. The van der Waals surface area contributed by atoms with Crippen LogP contribution in [0.15, 0.2) is 61.2 Å². The molecule has 4 aromatic rings. The van der Waals surface area contributed by atoms with Crippen LogP contribution in [0.3, 0.4) is 0 Å². The van der Waals surface area contributed by atoms with E-state index < -0.39 is 0 Å². The van der Waals surface area contributed by atoms with Crippen molar-refractivity contribution in [1.29, 1.82) is 0 Å². The highest BCUT2D eigenvalue weighted by atomic mass is 16.1. The molecule has 4 aromatic heterocycles. The molecule has 0 atom stereocenters. The molecule has 7 nitrogen and oxygen atoms in total. The largest absolute Gasteiger partial charge is 0.321 e. The Kier molecular flexibility index (Phi) is 4.49. The van der Waals surface area contributed by atoms with Gasteiger partial charge >= 0.3 is 0 Å². The summed E-state index contributed by atoms with van der Waals surface area (Å²) in [6, 6.07) is 11.3. The van der Waals surface area contributed by atoms with Crippen LogP contribution in [0.2, 0.25) is 0 Å². The Morgan fingerprint density at radius 3 is 2.46 bits per heavy atom. The third-order valence-electron chi connectivity index (χ3n) is 4.63. The van der Waals surface area contributed by atoms with Crippen LogP contribution in [-0.2, 0) is 0 Å². The van der Waals surface area contributed by atoms with Gasteiger partial charge in [0.05, 0.1) is 17.4 Å². The van der Waals surface area contributed by atoms with Crippen LogP contribution in [0.1, 0.15) is 27.6 Å². The Labute approximate surface area is 162 Å². The molecule has 4 rings (SSSR count). The minimum atomic E-state index is -0.177. The first kappa shape index (κ1) is 17.7. The van der Waals surface area contributed by atoms with Gasteiger partial charge in [0.2, 0.25) is 0 Å². The number of nitrogens with one attached hydrogen (secondary N) is 1. The van der Waals surface area contributed by atoms with Crippen molar-refractivity contribution in [1.82, 2.24) is 24.1 Å². The van der Waals surface area contributed by atoms with Gasteiger partial charge in [0, 0.05) is 30.0 Å². The summed E-state index contributed by atoms with van der Waals surface area (Å²) < 4.78 is 3.85. The number of aromatic nitrogens is 5. The second-order valence-corrected chi connectivity index (χ2v) is 6.51. The fraction of sp³-hybridized carbons (Fsp3) is 0.143. The maximum Gasteiger partial charge on any atom is 0.257 e. The van der Waals surface area contributed by atoms with Crippen molar-refractivity contribution in [3.8, 4) is 11.6 Å². The Morgan fingerprint density at radius 1 is 0.964 bits per heavy atom. The molecule has 0 bridgehead atoms. The molecule has 0 fully saturated rings. The minimum Gasteiger partial charge on any atom is -0.321 e. The molecular weight excluding hydrogens is 352 g/mol. The quantitative estimate of drug-likeness (QED) is 0.593. The summed E-state index contributed by atoms with van der Waals surface area (Å²) in [6.07, 6.45) is 6.96. The molecule has 1 amide bonds. The van der Waals surface area contributed by atoms with Crippen LogP contribution in [-0.4, -0.2) is 30.0 Å². The highest BCUT2D eigenvalue weighted by Gasteiger charge is 2.17. The number of hydrogen-bond donors (Lipinski definition) is 1. The monoisotopic (exact) mass is 372 g/mol. The van der Waals surface area contributed by atoms with E-state index in [0.29, 0.717) is 11.3 Å². The molecule has 0 radical (unpaired) electrons. The molecule has 140 valence electrons. The van der Waals surface area contributed by atoms with E-state index in [9.17, 15) is 4.79 Å². The van der Waals surface area contributed by atoms with Crippen LogP contribution >= 0.6 is 0 Å². The first-order valence-electron chi connectivity index (χ1n) is 8.92. The summed E-state index contributed by atoms with van der Waals surface area (Å²) in [7, 11) is 0. The van der Waals surface area contributed by atoms with Gasteiger partial charge in [-0.15, -0.1) is 0 Å². The number of pyridine rings is 2. The second-order valence-electron chi connectivity index (χ2n) is 6.51. The van der Waals surface area contributed by atoms with Crippen LogP contribution in [0.4, 0.5) is 5.69 Å². The summed E-state index contributed by atoms with van der Waals surface area (Å²) in [5, 5.41) is 2.92. The van der Waals surface area contributed by atoms with Crippen molar-refractivity contribution in [2.24, 2.45) is 0 Å². The first-order valence-corrected chi connectivity index (χ1v) is 8.92. The SMILES string of the molecule is Cc1nccn1-c1ccc(NC(=O)c2cc(C)n(-c3ccccn3)c2C)cn1. The topological polar surface area (TPSA) is 77.6 Å². The lowest BCUT2D eigenvalue weighted by Gasteiger charge is -2.09. The van der Waals surface area contributed by atoms with Crippen molar-refractivity contribution in [2.45, 2.75) is 20.8 Å². The van der Waals surface area contributed by atoms with E-state index in [1.807, 2.05) is 72.5 Å². The lowest BCUT2D eigenvalue weighted by atomic mass is 10.2. The van der Waals surface area contributed by atoms with Gasteiger partial charge in [-0.1, -0.05) is 6.07 Å². The summed E-state index contributed by atoms with van der Waals surface area (Å²) in [6.45, 7) is 5.79. The Balaban J connectivity index is 1.57. The Hall–Kier alpha value is -3.74.